The molecule has 0 radical (unpaired) electrons. The van der Waals surface area contributed by atoms with Gasteiger partial charge in [-0.15, -0.1) is 0 Å². The highest BCUT2D eigenvalue weighted by atomic mass is 19.1. The van der Waals surface area contributed by atoms with Crippen LogP contribution in [0.25, 0.3) is 55.2 Å². The van der Waals surface area contributed by atoms with Gasteiger partial charge in [-0.05, 0) is 47.6 Å². The number of nitrogens with zero attached hydrogens (tertiary/aromatic N) is 4. The smallest absolute Gasteiger partial charge is 0.407 e. The lowest BCUT2D eigenvalue weighted by Crippen LogP contribution is -2.51. The first-order valence-electron chi connectivity index (χ1n) is 20.9. The Morgan fingerprint density at radius 2 is 1.23 bits per heavy atom. The molecule has 336 valence electrons. The minimum atomic E-state index is -1.33. The summed E-state index contributed by atoms with van der Waals surface area (Å²) in [5.41, 5.74) is 1.50. The number of aromatic amines is 2. The number of hydrogen-bond acceptors (Lipinski definition) is 10. The van der Waals surface area contributed by atoms with Gasteiger partial charge in [0.25, 0.3) is 0 Å². The maximum atomic E-state index is 16.2. The number of carbonyl (C=O) groups excluding carboxylic acids is 4. The summed E-state index contributed by atoms with van der Waals surface area (Å²) < 4.78 is 61.4. The molecule has 16 nitrogen and oxygen atoms in total. The first-order valence-corrected chi connectivity index (χ1v) is 20.9. The molecular formula is C45H47F3N8O8. The Morgan fingerprint density at radius 3 is 1.73 bits per heavy atom. The van der Waals surface area contributed by atoms with Crippen molar-refractivity contribution in [2.45, 2.75) is 77.0 Å². The summed E-state index contributed by atoms with van der Waals surface area (Å²) >= 11 is 0. The van der Waals surface area contributed by atoms with Crippen LogP contribution in [0.1, 0.15) is 64.3 Å². The Balaban J connectivity index is 1.08. The highest BCUT2D eigenvalue weighted by molar-refractivity contribution is 6.01. The van der Waals surface area contributed by atoms with Gasteiger partial charge in [0.05, 0.1) is 73.9 Å². The maximum absolute atomic E-state index is 16.2. The number of alkyl carbamates (subject to hydrolysis) is 2. The Bertz CT molecular complexity index is 2860. The molecule has 19 heteroatoms. The van der Waals surface area contributed by atoms with E-state index in [2.05, 4.69) is 30.6 Å². The van der Waals surface area contributed by atoms with Crippen molar-refractivity contribution >= 4 is 56.7 Å². The first kappa shape index (κ1) is 43.7. The van der Waals surface area contributed by atoms with Crippen molar-refractivity contribution in [3.63, 3.8) is 0 Å². The van der Waals surface area contributed by atoms with E-state index < -0.39 is 71.8 Å². The fraction of sp³-hybridized carbons (Fsp3) is 0.400. The molecule has 0 aliphatic carbocycles. The van der Waals surface area contributed by atoms with Crippen LogP contribution in [-0.2, 0) is 19.1 Å². The number of carbonyl (C=O) groups is 4. The number of aromatic nitrogens is 4. The summed E-state index contributed by atoms with van der Waals surface area (Å²) in [6, 6.07) is 7.82. The largest absolute Gasteiger partial charge is 0.453 e. The van der Waals surface area contributed by atoms with E-state index >= 15 is 4.39 Å². The van der Waals surface area contributed by atoms with Crippen molar-refractivity contribution < 1.29 is 46.2 Å². The van der Waals surface area contributed by atoms with Gasteiger partial charge in [-0.25, -0.2) is 32.7 Å². The van der Waals surface area contributed by atoms with Gasteiger partial charge < -0.3 is 44.3 Å². The van der Waals surface area contributed by atoms with Gasteiger partial charge >= 0.3 is 12.2 Å². The molecular weight excluding hydrogens is 838 g/mol. The molecule has 4 N–H and O–H groups in total. The summed E-state index contributed by atoms with van der Waals surface area (Å²) in [6.07, 6.45) is -1.21. The van der Waals surface area contributed by atoms with E-state index in [-0.39, 0.29) is 65.1 Å². The molecule has 8 rings (SSSR count). The minimum Gasteiger partial charge on any atom is -0.453 e. The van der Waals surface area contributed by atoms with Gasteiger partial charge in [0.15, 0.2) is 11.4 Å². The molecule has 2 saturated heterocycles. The Labute approximate surface area is 363 Å². The van der Waals surface area contributed by atoms with Crippen molar-refractivity contribution in [1.82, 2.24) is 40.4 Å². The second-order valence-corrected chi connectivity index (χ2v) is 16.9. The van der Waals surface area contributed by atoms with E-state index in [4.69, 9.17) is 13.9 Å². The van der Waals surface area contributed by atoms with Gasteiger partial charge in [0.2, 0.25) is 17.2 Å². The number of fused-ring (bicyclic) bond motifs is 3. The lowest BCUT2D eigenvalue weighted by atomic mass is 10.0. The number of rotatable bonds is 10. The van der Waals surface area contributed by atoms with Crippen LogP contribution >= 0.6 is 0 Å². The lowest BCUT2D eigenvalue weighted by molar-refractivity contribution is -0.136. The van der Waals surface area contributed by atoms with Crippen LogP contribution in [0.3, 0.4) is 0 Å². The van der Waals surface area contributed by atoms with E-state index in [1.165, 1.54) is 36.4 Å². The number of H-pyrrole nitrogens is 2. The number of amides is 4. The van der Waals surface area contributed by atoms with E-state index in [1.54, 1.807) is 70.2 Å². The summed E-state index contributed by atoms with van der Waals surface area (Å²) in [7, 11) is 2.38. The first-order chi connectivity index (χ1) is 30.6. The van der Waals surface area contributed by atoms with Crippen molar-refractivity contribution in [2.24, 2.45) is 11.8 Å². The van der Waals surface area contributed by atoms with E-state index in [9.17, 15) is 32.8 Å². The number of hydrogen-bond donors (Lipinski definition) is 4. The van der Waals surface area contributed by atoms with Gasteiger partial charge in [-0.2, -0.15) is 0 Å². The number of alkyl halides is 2. The number of halogens is 3. The molecule has 2 aliphatic rings. The van der Waals surface area contributed by atoms with Crippen LogP contribution in [0, 0.1) is 17.7 Å². The van der Waals surface area contributed by atoms with Gasteiger partial charge in [0.1, 0.15) is 41.7 Å². The number of likely N-dealkylation sites (tertiary alicyclic amines) is 2. The maximum Gasteiger partial charge on any atom is 0.407 e. The molecule has 0 bridgehead atoms. The number of ether oxygens (including phenoxy) is 2. The minimum absolute atomic E-state index is 0.00821. The highest BCUT2D eigenvalue weighted by Gasteiger charge is 2.43. The molecule has 64 heavy (non-hydrogen) atoms. The standard InChI is InChI=1S/C45H47F3N8O8/c1-20(2)36(53-44(60)62-5)42(58)55-18-25(46)14-32(55)40-49-16-30(51-40)22-7-9-27-24(11-22)13-29-38(57)28-12-23(8-10-34(28)64-39(29)35(27)48)31-17-50-41(52-31)33-15-26(47)19-56(33)43(59)37(21(3)4)54-45(61)63-6/h7-13,16-17,20-21,25-26,32-33,36-37H,14-15,18-19H2,1-6H3,(H,49,51)(H,50,52)(H,53,60)(H,54,61)/t25-,26-,32+,33+,36?,37?/m1/s1. The quantitative estimate of drug-likeness (QED) is 0.104. The van der Waals surface area contributed by atoms with Crippen LogP contribution in [0.2, 0.25) is 0 Å². The topological polar surface area (TPSA) is 205 Å². The molecule has 6 aromatic rings. The van der Waals surface area contributed by atoms with Gasteiger partial charge in [-0.1, -0.05) is 39.8 Å². The zero-order valence-corrected chi connectivity index (χ0v) is 35.8. The summed E-state index contributed by atoms with van der Waals surface area (Å²) in [5, 5.41) is 5.82. The third-order valence-electron chi connectivity index (χ3n) is 12.0. The molecule has 3 aromatic heterocycles. The van der Waals surface area contributed by atoms with E-state index in [1.807, 2.05) is 0 Å². The normalized spacial score (nSPS) is 19.8. The number of nitrogens with one attached hydrogen (secondary N) is 4. The second kappa shape index (κ2) is 17.3. The zero-order valence-electron chi connectivity index (χ0n) is 35.8. The third kappa shape index (κ3) is 8.09. The molecule has 6 atom stereocenters. The molecule has 2 fully saturated rings. The lowest BCUT2D eigenvalue weighted by Gasteiger charge is -2.29. The van der Waals surface area contributed by atoms with E-state index in [0.29, 0.717) is 39.5 Å². The SMILES string of the molecule is COC(=O)NC(C(=O)N1C[C@H](F)C[C@H]1c1ncc(-c2ccc3c(F)c4oc5ccc(-c6cnc([C@@H]7C[C@@H](F)CN7C(=O)C(NC(=O)OC)C(C)C)[nH]6)cc5c(=O)c4cc3c2)[nH]1)C(C)C. The van der Waals surface area contributed by atoms with Crippen molar-refractivity contribution in [3.8, 4) is 22.5 Å². The molecule has 0 spiro atoms. The average molecular weight is 885 g/mol. The average Bonchev–Trinajstić information content (AvgIpc) is 4.11. The molecule has 4 amide bonds. The summed E-state index contributed by atoms with van der Waals surface area (Å²) in [5.74, 6) is -1.68. The predicted octanol–water partition coefficient (Wildman–Crippen LogP) is 7.00. The number of imidazole rings is 2. The van der Waals surface area contributed by atoms with Gasteiger partial charge in [-0.3, -0.25) is 14.4 Å². The van der Waals surface area contributed by atoms with E-state index in [0.717, 1.165) is 0 Å². The van der Waals surface area contributed by atoms with Crippen LogP contribution in [0.4, 0.5) is 22.8 Å². The van der Waals surface area contributed by atoms with Crippen molar-refractivity contribution in [1.29, 1.82) is 0 Å². The highest BCUT2D eigenvalue weighted by Crippen LogP contribution is 2.37. The monoisotopic (exact) mass is 884 g/mol. The molecule has 0 saturated carbocycles. The van der Waals surface area contributed by atoms with Crippen LogP contribution in [0.5, 0.6) is 0 Å². The Kier molecular flexibility index (Phi) is 11.8. The van der Waals surface area contributed by atoms with Gasteiger partial charge in [0, 0.05) is 29.4 Å². The predicted molar refractivity (Wildman–Crippen MR) is 229 cm³/mol. The fourth-order valence-corrected chi connectivity index (χ4v) is 8.64. The summed E-state index contributed by atoms with van der Waals surface area (Å²) in [4.78, 5) is 83.5. The Morgan fingerprint density at radius 1 is 0.734 bits per heavy atom. The van der Waals surface area contributed by atoms with Crippen LogP contribution in [-0.4, -0.2) is 105 Å². The summed E-state index contributed by atoms with van der Waals surface area (Å²) in [6.45, 7) is 6.65. The zero-order chi connectivity index (χ0) is 45.7. The van der Waals surface area contributed by atoms with Crippen LogP contribution in [0.15, 0.2) is 64.1 Å². The molecule has 5 heterocycles. The van der Waals surface area contributed by atoms with Crippen LogP contribution < -0.4 is 16.1 Å². The third-order valence-corrected chi connectivity index (χ3v) is 12.0. The fourth-order valence-electron chi connectivity index (χ4n) is 8.64. The van der Waals surface area contributed by atoms with Crippen molar-refractivity contribution in [2.75, 3.05) is 27.3 Å². The number of benzene rings is 3. The van der Waals surface area contributed by atoms with Crippen molar-refractivity contribution in [3.05, 3.63) is 82.5 Å². The second-order valence-electron chi connectivity index (χ2n) is 16.9. The Hall–Kier alpha value is -6.92. The molecule has 3 aromatic carbocycles. The molecule has 2 unspecified atom stereocenters. The number of methoxy groups -OCH3 is 2. The molecule has 2 aliphatic heterocycles.